The fraction of sp³-hybridized carbons (Fsp3) is 0.438. The molecule has 1 aliphatic rings. The fourth-order valence-electron chi connectivity index (χ4n) is 2.76. The monoisotopic (exact) mass is 285 g/mol. The molecule has 21 heavy (non-hydrogen) atoms. The molecule has 0 bridgehead atoms. The first-order valence-electron chi connectivity index (χ1n) is 7.18. The molecule has 0 heterocycles. The quantitative estimate of drug-likeness (QED) is 0.889. The zero-order valence-electron chi connectivity index (χ0n) is 12.1. The molecule has 1 atom stereocenters. The van der Waals surface area contributed by atoms with Crippen molar-refractivity contribution in [2.75, 3.05) is 5.32 Å². The second kappa shape index (κ2) is 6.89. The molecule has 2 N–H and O–H groups in total. The first-order valence-corrected chi connectivity index (χ1v) is 7.18. The minimum atomic E-state index is -0.486. The van der Waals surface area contributed by atoms with Gasteiger partial charge in [0.05, 0.1) is 11.6 Å². The number of benzene rings is 1. The van der Waals surface area contributed by atoms with Gasteiger partial charge in [0.1, 0.15) is 6.04 Å². The van der Waals surface area contributed by atoms with Crippen molar-refractivity contribution in [1.82, 2.24) is 5.32 Å². The lowest BCUT2D eigenvalue weighted by atomic mass is 9.97. The van der Waals surface area contributed by atoms with Gasteiger partial charge >= 0.3 is 0 Å². The van der Waals surface area contributed by atoms with Crippen LogP contribution in [0.15, 0.2) is 24.3 Å². The summed E-state index contributed by atoms with van der Waals surface area (Å²) in [5.74, 6) is -0.184. The first-order chi connectivity index (χ1) is 10.1. The Morgan fingerprint density at radius 2 is 1.86 bits per heavy atom. The third-order valence-electron chi connectivity index (χ3n) is 3.79. The maximum absolute atomic E-state index is 12.4. The van der Waals surface area contributed by atoms with E-state index >= 15 is 0 Å². The predicted molar refractivity (Wildman–Crippen MR) is 79.3 cm³/mol. The van der Waals surface area contributed by atoms with Crippen LogP contribution in [-0.2, 0) is 9.59 Å². The highest BCUT2D eigenvalue weighted by Crippen LogP contribution is 2.28. The molecule has 1 unspecified atom stereocenters. The average molecular weight is 285 g/mol. The van der Waals surface area contributed by atoms with Crippen LogP contribution in [-0.4, -0.2) is 17.9 Å². The summed E-state index contributed by atoms with van der Waals surface area (Å²) in [6.07, 6.45) is 4.13. The van der Waals surface area contributed by atoms with Gasteiger partial charge in [0.15, 0.2) is 0 Å². The van der Waals surface area contributed by atoms with Gasteiger partial charge in [-0.25, -0.2) is 0 Å². The standard InChI is InChI=1S/C16H19N3O2/c1-11(20)18-15(13-4-2-3-5-13)16(21)19-14-8-6-12(10-17)7-9-14/h6-9,13,15H,2-5H2,1H3,(H,18,20)(H,19,21). The SMILES string of the molecule is CC(=O)NC(C(=O)Nc1ccc(C#N)cc1)C1CCCC1. The molecule has 5 heteroatoms. The summed E-state index contributed by atoms with van der Waals surface area (Å²) in [4.78, 5) is 23.7. The molecule has 2 rings (SSSR count). The smallest absolute Gasteiger partial charge is 0.247 e. The average Bonchev–Trinajstić information content (AvgIpc) is 2.99. The number of hydrogen-bond donors (Lipinski definition) is 2. The second-order valence-corrected chi connectivity index (χ2v) is 5.40. The van der Waals surface area contributed by atoms with E-state index in [1.54, 1.807) is 24.3 Å². The zero-order chi connectivity index (χ0) is 15.2. The maximum Gasteiger partial charge on any atom is 0.247 e. The van der Waals surface area contributed by atoms with Crippen molar-refractivity contribution in [3.8, 4) is 6.07 Å². The van der Waals surface area contributed by atoms with E-state index in [1.165, 1.54) is 6.92 Å². The number of amides is 2. The molecule has 1 fully saturated rings. The predicted octanol–water partition coefficient (Wildman–Crippen LogP) is 2.19. The van der Waals surface area contributed by atoms with E-state index in [9.17, 15) is 9.59 Å². The summed E-state index contributed by atoms with van der Waals surface area (Å²) in [5, 5.41) is 14.3. The summed E-state index contributed by atoms with van der Waals surface area (Å²) in [5.41, 5.74) is 1.18. The van der Waals surface area contributed by atoms with E-state index < -0.39 is 6.04 Å². The largest absolute Gasteiger partial charge is 0.344 e. The van der Waals surface area contributed by atoms with Crippen molar-refractivity contribution >= 4 is 17.5 Å². The lowest BCUT2D eigenvalue weighted by Crippen LogP contribution is -2.47. The Morgan fingerprint density at radius 3 is 2.38 bits per heavy atom. The molecule has 2 amide bonds. The van der Waals surface area contributed by atoms with Crippen LogP contribution in [0, 0.1) is 17.2 Å². The van der Waals surface area contributed by atoms with E-state index in [2.05, 4.69) is 10.6 Å². The normalized spacial score (nSPS) is 16.0. The molecule has 110 valence electrons. The Morgan fingerprint density at radius 1 is 1.24 bits per heavy atom. The minimum Gasteiger partial charge on any atom is -0.344 e. The zero-order valence-corrected chi connectivity index (χ0v) is 12.1. The summed E-state index contributed by atoms with van der Waals surface area (Å²) < 4.78 is 0. The third kappa shape index (κ3) is 4.06. The van der Waals surface area contributed by atoms with Crippen molar-refractivity contribution in [2.24, 2.45) is 5.92 Å². The summed E-state index contributed by atoms with van der Waals surface area (Å²) in [6.45, 7) is 1.43. The van der Waals surface area contributed by atoms with Gasteiger partial charge < -0.3 is 10.6 Å². The van der Waals surface area contributed by atoms with Gasteiger partial charge in [-0.05, 0) is 43.0 Å². The van der Waals surface area contributed by atoms with Gasteiger partial charge in [0.25, 0.3) is 0 Å². The lowest BCUT2D eigenvalue weighted by molar-refractivity contribution is -0.126. The highest BCUT2D eigenvalue weighted by Gasteiger charge is 2.31. The first kappa shape index (κ1) is 15.0. The van der Waals surface area contributed by atoms with Crippen LogP contribution < -0.4 is 10.6 Å². The highest BCUT2D eigenvalue weighted by atomic mass is 16.2. The number of anilines is 1. The number of nitrogens with zero attached hydrogens (tertiary/aromatic N) is 1. The maximum atomic E-state index is 12.4. The van der Waals surface area contributed by atoms with Crippen LogP contribution in [0.4, 0.5) is 5.69 Å². The van der Waals surface area contributed by atoms with Crippen LogP contribution in [0.1, 0.15) is 38.2 Å². The molecule has 0 aromatic heterocycles. The molecule has 0 spiro atoms. The number of nitriles is 1. The van der Waals surface area contributed by atoms with Crippen LogP contribution in [0.25, 0.3) is 0 Å². The molecule has 0 radical (unpaired) electrons. The van der Waals surface area contributed by atoms with E-state index in [1.807, 2.05) is 6.07 Å². The summed E-state index contributed by atoms with van der Waals surface area (Å²) >= 11 is 0. The third-order valence-corrected chi connectivity index (χ3v) is 3.79. The van der Waals surface area contributed by atoms with Crippen LogP contribution in [0.2, 0.25) is 0 Å². The molecule has 5 nitrogen and oxygen atoms in total. The number of carbonyl (C=O) groups excluding carboxylic acids is 2. The Labute approximate surface area is 124 Å². The van der Waals surface area contributed by atoms with E-state index in [0.29, 0.717) is 11.3 Å². The molecule has 0 saturated heterocycles. The molecule has 1 saturated carbocycles. The van der Waals surface area contributed by atoms with E-state index in [4.69, 9.17) is 5.26 Å². The van der Waals surface area contributed by atoms with E-state index in [0.717, 1.165) is 25.7 Å². The molecular weight excluding hydrogens is 266 g/mol. The minimum absolute atomic E-state index is 0.193. The van der Waals surface area contributed by atoms with Crippen LogP contribution in [0.3, 0.4) is 0 Å². The molecule has 1 aliphatic carbocycles. The summed E-state index contributed by atoms with van der Waals surface area (Å²) in [6, 6.07) is 8.23. The van der Waals surface area contributed by atoms with Crippen molar-refractivity contribution in [3.63, 3.8) is 0 Å². The van der Waals surface area contributed by atoms with Gasteiger partial charge in [-0.3, -0.25) is 9.59 Å². The Bertz CT molecular complexity index is 554. The molecule has 1 aromatic carbocycles. The van der Waals surface area contributed by atoms with Gasteiger partial charge in [-0.2, -0.15) is 5.26 Å². The number of rotatable bonds is 4. The van der Waals surface area contributed by atoms with Gasteiger partial charge in [-0.15, -0.1) is 0 Å². The lowest BCUT2D eigenvalue weighted by Gasteiger charge is -2.23. The van der Waals surface area contributed by atoms with Gasteiger partial charge in [0.2, 0.25) is 11.8 Å². The Hall–Kier alpha value is -2.35. The van der Waals surface area contributed by atoms with Crippen molar-refractivity contribution in [2.45, 2.75) is 38.6 Å². The number of carbonyl (C=O) groups is 2. The second-order valence-electron chi connectivity index (χ2n) is 5.40. The molecule has 0 aliphatic heterocycles. The number of hydrogen-bond acceptors (Lipinski definition) is 3. The van der Waals surface area contributed by atoms with Gasteiger partial charge in [-0.1, -0.05) is 12.8 Å². The van der Waals surface area contributed by atoms with Gasteiger partial charge in [0, 0.05) is 12.6 Å². The van der Waals surface area contributed by atoms with Crippen LogP contribution in [0.5, 0.6) is 0 Å². The van der Waals surface area contributed by atoms with Crippen molar-refractivity contribution < 1.29 is 9.59 Å². The van der Waals surface area contributed by atoms with Crippen molar-refractivity contribution in [1.29, 1.82) is 5.26 Å². The Kier molecular flexibility index (Phi) is 4.94. The number of nitrogens with one attached hydrogen (secondary N) is 2. The Balaban J connectivity index is 2.06. The topological polar surface area (TPSA) is 82.0 Å². The van der Waals surface area contributed by atoms with E-state index in [-0.39, 0.29) is 17.7 Å². The molecule has 1 aromatic rings. The summed E-state index contributed by atoms with van der Waals surface area (Å²) in [7, 11) is 0. The highest BCUT2D eigenvalue weighted by molar-refractivity contribution is 5.97. The van der Waals surface area contributed by atoms with Crippen molar-refractivity contribution in [3.05, 3.63) is 29.8 Å². The van der Waals surface area contributed by atoms with Crippen LogP contribution >= 0.6 is 0 Å². The fourth-order valence-corrected chi connectivity index (χ4v) is 2.76. The molecular formula is C16H19N3O2.